The van der Waals surface area contributed by atoms with Gasteiger partial charge in [-0.05, 0) is 0 Å². The van der Waals surface area contributed by atoms with Crippen LogP contribution in [-0.4, -0.2) is 12.2 Å². The summed E-state index contributed by atoms with van der Waals surface area (Å²) in [6.07, 6.45) is 34.7. The quantitative estimate of drug-likeness (QED) is 0.0929. The molecule has 0 aromatic rings. The molecule has 0 fully saturated rings. The van der Waals surface area contributed by atoms with Gasteiger partial charge in [-0.3, -0.25) is 0 Å². The summed E-state index contributed by atoms with van der Waals surface area (Å²) in [6, 6.07) is 0. The van der Waals surface area contributed by atoms with Crippen molar-refractivity contribution in [2.75, 3.05) is 0 Å². The van der Waals surface area contributed by atoms with E-state index in [9.17, 15) is 0 Å². The van der Waals surface area contributed by atoms with Gasteiger partial charge in [-0.2, -0.15) is 0 Å². The molecule has 0 aliphatic heterocycles. The molecule has 0 heterocycles. The number of isocyanates is 2. The molecule has 0 saturated heterocycles. The number of nitrogens with one attached hydrogen (secondary N) is 2. The molecule has 0 radical (unpaired) electrons. The zero-order valence-electron chi connectivity index (χ0n) is 31.8. The molecule has 42 heavy (non-hydrogen) atoms. The van der Waals surface area contributed by atoms with Crippen LogP contribution in [0.1, 0.15) is 237 Å². The van der Waals surface area contributed by atoms with E-state index in [4.69, 9.17) is 20.4 Å². The van der Waals surface area contributed by atoms with E-state index in [1.165, 1.54) is 154 Å². The van der Waals surface area contributed by atoms with Crippen molar-refractivity contribution >= 4 is 12.2 Å². The van der Waals surface area contributed by atoms with E-state index >= 15 is 0 Å². The molecule has 2 N–H and O–H groups in total. The smallest absolute Gasteiger partial charge is 0.222 e. The van der Waals surface area contributed by atoms with Gasteiger partial charge in [0.25, 0.3) is 0 Å². The van der Waals surface area contributed by atoms with Crippen LogP contribution in [0.5, 0.6) is 0 Å². The average Bonchev–Trinajstić information content (AvgIpc) is 3.01. The van der Waals surface area contributed by atoms with Gasteiger partial charge in [-0.15, -0.1) is 0 Å². The highest BCUT2D eigenvalue weighted by molar-refractivity contribution is 5.26. The van der Waals surface area contributed by atoms with E-state index in [1.807, 2.05) is 0 Å². The summed E-state index contributed by atoms with van der Waals surface area (Å²) in [4.78, 5) is 16.7. The summed E-state index contributed by atoms with van der Waals surface area (Å²) in [5.74, 6) is 0. The van der Waals surface area contributed by atoms with Crippen LogP contribution in [-0.2, 0) is 9.59 Å². The van der Waals surface area contributed by atoms with Crippen molar-refractivity contribution in [1.82, 2.24) is 0 Å². The lowest BCUT2D eigenvalue weighted by atomic mass is 10.2. The topological polar surface area (TPSA) is 81.8 Å². The molecule has 260 valence electrons. The van der Waals surface area contributed by atoms with E-state index in [2.05, 4.69) is 83.1 Å². The second-order valence-electron chi connectivity index (χ2n) is 10.4. The lowest BCUT2D eigenvalue weighted by Crippen LogP contribution is -1.66. The maximum absolute atomic E-state index is 8.35. The Morgan fingerprint density at radius 1 is 0.262 bits per heavy atom. The maximum Gasteiger partial charge on any atom is 0.231 e. The molecule has 0 aromatic carbocycles. The van der Waals surface area contributed by atoms with E-state index in [0.29, 0.717) is 0 Å². The first kappa shape index (κ1) is 60.0. The minimum atomic E-state index is 0.750. The van der Waals surface area contributed by atoms with Gasteiger partial charge in [0.2, 0.25) is 12.2 Å². The standard InChI is InChI=1S/6C6H14.2CHNO/c6*1-3-5-6-4-2;2*2-1-3/h6*3-6H2,1-2H3;2*2H. The first-order chi connectivity index (χ1) is 20.3. The zero-order chi connectivity index (χ0) is 34.4. The number of rotatable bonds is 18. The third-order valence-corrected chi connectivity index (χ3v) is 5.74. The third kappa shape index (κ3) is 197. The van der Waals surface area contributed by atoms with Crippen LogP contribution in [0.2, 0.25) is 0 Å². The van der Waals surface area contributed by atoms with Crippen LogP contribution in [0.25, 0.3) is 0 Å². The molecule has 0 unspecified atom stereocenters. The lowest BCUT2D eigenvalue weighted by molar-refractivity contribution is 0.562. The molecular weight excluding hydrogens is 516 g/mol. The Hall–Kier alpha value is -1.24. The summed E-state index contributed by atoms with van der Waals surface area (Å²) in [6.45, 7) is 26.8. The van der Waals surface area contributed by atoms with Crippen molar-refractivity contribution in [1.29, 1.82) is 10.8 Å². The third-order valence-electron chi connectivity index (χ3n) is 5.74. The predicted octanol–water partition coefficient (Wildman–Crippen LogP) is 15.3. The van der Waals surface area contributed by atoms with Crippen molar-refractivity contribution in [3.8, 4) is 0 Å². The van der Waals surface area contributed by atoms with Crippen LogP contribution < -0.4 is 0 Å². The van der Waals surface area contributed by atoms with Crippen LogP contribution >= 0.6 is 0 Å². The van der Waals surface area contributed by atoms with Gasteiger partial charge in [-0.1, -0.05) is 237 Å². The van der Waals surface area contributed by atoms with Gasteiger partial charge < -0.3 is 0 Å². The van der Waals surface area contributed by atoms with Crippen molar-refractivity contribution < 1.29 is 9.59 Å². The molecule has 0 bridgehead atoms. The lowest BCUT2D eigenvalue weighted by Gasteiger charge is -1.86. The minimum absolute atomic E-state index is 0.750. The van der Waals surface area contributed by atoms with Crippen molar-refractivity contribution in [2.24, 2.45) is 0 Å². The molecule has 0 amide bonds. The zero-order valence-corrected chi connectivity index (χ0v) is 31.8. The van der Waals surface area contributed by atoms with Crippen LogP contribution in [0.15, 0.2) is 0 Å². The Morgan fingerprint density at radius 3 is 0.333 bits per heavy atom. The molecule has 4 nitrogen and oxygen atoms in total. The molecule has 0 aromatic heterocycles. The minimum Gasteiger partial charge on any atom is -0.222 e. The first-order valence-electron chi connectivity index (χ1n) is 18.4. The van der Waals surface area contributed by atoms with E-state index in [0.717, 1.165) is 12.2 Å². The van der Waals surface area contributed by atoms with Gasteiger partial charge in [0.1, 0.15) is 0 Å². The molecule has 0 saturated carbocycles. The van der Waals surface area contributed by atoms with E-state index in [1.54, 1.807) is 0 Å². The second-order valence-corrected chi connectivity index (χ2v) is 10.4. The van der Waals surface area contributed by atoms with Crippen molar-refractivity contribution in [2.45, 2.75) is 237 Å². The highest BCUT2D eigenvalue weighted by Crippen LogP contribution is 1.98. The van der Waals surface area contributed by atoms with Crippen LogP contribution in [0.4, 0.5) is 0 Å². The maximum atomic E-state index is 8.35. The molecule has 4 heteroatoms. The Morgan fingerprint density at radius 2 is 0.310 bits per heavy atom. The fourth-order valence-corrected chi connectivity index (χ4v) is 3.00. The molecule has 0 spiro atoms. The molecule has 0 atom stereocenters. The van der Waals surface area contributed by atoms with Crippen LogP contribution in [0.3, 0.4) is 0 Å². The normalized spacial score (nSPS) is 8.10. The molecular formula is C38H86N2O2. The second kappa shape index (κ2) is 97.4. The number of unbranched alkanes of at least 4 members (excludes halogenated alkanes) is 18. The van der Waals surface area contributed by atoms with Gasteiger partial charge in [0.05, 0.1) is 0 Å². The summed E-state index contributed by atoms with van der Waals surface area (Å²) >= 11 is 0. The highest BCUT2D eigenvalue weighted by Gasteiger charge is 1.78. The molecule has 0 aliphatic rings. The van der Waals surface area contributed by atoms with Gasteiger partial charge in [0.15, 0.2) is 0 Å². The van der Waals surface area contributed by atoms with Gasteiger partial charge in [0, 0.05) is 0 Å². The fourth-order valence-electron chi connectivity index (χ4n) is 3.00. The predicted molar refractivity (Wildman–Crippen MR) is 196 cm³/mol. The van der Waals surface area contributed by atoms with Crippen molar-refractivity contribution in [3.63, 3.8) is 0 Å². The summed E-state index contributed by atoms with van der Waals surface area (Å²) in [5.41, 5.74) is 0. The SMILES string of the molecule is CCCCCC.CCCCCC.CCCCCC.CCCCCC.CCCCCC.CCCCCC.N=C=O.N=C=O. The summed E-state index contributed by atoms with van der Waals surface area (Å²) < 4.78 is 0. The first-order valence-corrected chi connectivity index (χ1v) is 18.4. The Bertz CT molecular complexity index is 277. The Kier molecular flexibility index (Phi) is 139. The largest absolute Gasteiger partial charge is 0.231 e. The monoisotopic (exact) mass is 603 g/mol. The molecule has 0 aliphatic carbocycles. The summed E-state index contributed by atoms with van der Waals surface area (Å²) in [7, 11) is 0. The van der Waals surface area contributed by atoms with E-state index in [-0.39, 0.29) is 0 Å². The molecule has 0 rings (SSSR count). The van der Waals surface area contributed by atoms with Gasteiger partial charge in [-0.25, -0.2) is 20.4 Å². The number of carbonyl (C=O) groups excluding carboxylic acids is 2. The average molecular weight is 603 g/mol. The summed E-state index contributed by atoms with van der Waals surface area (Å²) in [5, 5.41) is 10.8. The van der Waals surface area contributed by atoms with Crippen LogP contribution in [0, 0.1) is 10.8 Å². The fraction of sp³-hybridized carbons (Fsp3) is 0.947. The Labute approximate surface area is 269 Å². The number of hydrogen-bond acceptors (Lipinski definition) is 4. The Balaban J connectivity index is -0.0000000530. The highest BCUT2D eigenvalue weighted by atomic mass is 16.1. The van der Waals surface area contributed by atoms with Crippen molar-refractivity contribution in [3.05, 3.63) is 0 Å². The van der Waals surface area contributed by atoms with Gasteiger partial charge >= 0.3 is 0 Å². The number of hydrogen-bond donors (Lipinski definition) is 2. The van der Waals surface area contributed by atoms with E-state index < -0.39 is 0 Å².